The van der Waals surface area contributed by atoms with Crippen molar-refractivity contribution in [2.24, 2.45) is 5.92 Å². The summed E-state index contributed by atoms with van der Waals surface area (Å²) in [5.74, 6) is -0.343. The van der Waals surface area contributed by atoms with E-state index in [-0.39, 0.29) is 11.7 Å². The number of aliphatic hydroxyl groups excluding tert-OH is 1. The Morgan fingerprint density at radius 1 is 1.43 bits per heavy atom. The Labute approximate surface area is 126 Å². The molecule has 0 bridgehead atoms. The van der Waals surface area contributed by atoms with E-state index in [0.29, 0.717) is 11.7 Å². The molecule has 0 amide bonds. The van der Waals surface area contributed by atoms with E-state index in [1.54, 1.807) is 18.2 Å². The molecule has 1 saturated heterocycles. The van der Waals surface area contributed by atoms with Gasteiger partial charge in [0, 0.05) is 25.3 Å². The van der Waals surface area contributed by atoms with Crippen LogP contribution in [-0.2, 0) is 4.74 Å². The third-order valence-electron chi connectivity index (χ3n) is 4.17. The van der Waals surface area contributed by atoms with Crippen molar-refractivity contribution in [2.75, 3.05) is 26.2 Å². The highest BCUT2D eigenvalue weighted by atomic mass is 19.1. The number of nitrogens with zero attached hydrogens (tertiary/aromatic N) is 1. The SMILES string of the molecule is CCOC1CCCN(CC(C)C(O)c2ccccc2F)C1. The van der Waals surface area contributed by atoms with Gasteiger partial charge in [-0.1, -0.05) is 25.1 Å². The first kappa shape index (κ1) is 16.4. The smallest absolute Gasteiger partial charge is 0.129 e. The summed E-state index contributed by atoms with van der Waals surface area (Å²) in [4.78, 5) is 2.32. The van der Waals surface area contributed by atoms with E-state index in [0.717, 1.165) is 39.1 Å². The lowest BCUT2D eigenvalue weighted by molar-refractivity contribution is -0.00631. The third-order valence-corrected chi connectivity index (χ3v) is 4.17. The fourth-order valence-electron chi connectivity index (χ4n) is 3.08. The number of piperidine rings is 1. The predicted molar refractivity (Wildman–Crippen MR) is 81.6 cm³/mol. The van der Waals surface area contributed by atoms with Gasteiger partial charge in [-0.25, -0.2) is 4.39 Å². The molecule has 0 aromatic heterocycles. The maximum Gasteiger partial charge on any atom is 0.129 e. The molecule has 1 heterocycles. The summed E-state index contributed by atoms with van der Waals surface area (Å²) in [5.41, 5.74) is 0.392. The maximum atomic E-state index is 13.7. The summed E-state index contributed by atoms with van der Waals surface area (Å²) >= 11 is 0. The van der Waals surface area contributed by atoms with Gasteiger partial charge < -0.3 is 14.7 Å². The Morgan fingerprint density at radius 2 is 2.19 bits per heavy atom. The summed E-state index contributed by atoms with van der Waals surface area (Å²) in [7, 11) is 0. The molecule has 0 saturated carbocycles. The molecule has 0 aliphatic carbocycles. The molecule has 3 unspecified atom stereocenters. The molecule has 21 heavy (non-hydrogen) atoms. The lowest BCUT2D eigenvalue weighted by atomic mass is 9.95. The molecule has 1 aromatic carbocycles. The lowest BCUT2D eigenvalue weighted by Crippen LogP contribution is -2.42. The van der Waals surface area contributed by atoms with Crippen LogP contribution in [0.1, 0.15) is 38.4 Å². The van der Waals surface area contributed by atoms with Crippen molar-refractivity contribution in [1.29, 1.82) is 0 Å². The number of halogens is 1. The van der Waals surface area contributed by atoms with Gasteiger partial charge in [0.2, 0.25) is 0 Å². The second-order valence-electron chi connectivity index (χ2n) is 5.92. The van der Waals surface area contributed by atoms with Crippen LogP contribution in [0.2, 0.25) is 0 Å². The summed E-state index contributed by atoms with van der Waals surface area (Å²) in [6.45, 7) is 7.43. The Bertz CT molecular complexity index is 439. The first-order chi connectivity index (χ1) is 10.1. The number of ether oxygens (including phenoxy) is 1. The van der Waals surface area contributed by atoms with Crippen LogP contribution in [0, 0.1) is 11.7 Å². The van der Waals surface area contributed by atoms with Gasteiger partial charge in [-0.2, -0.15) is 0 Å². The monoisotopic (exact) mass is 295 g/mol. The standard InChI is InChI=1S/C17H26FNO2/c1-3-21-14-7-6-10-19(12-14)11-13(2)17(20)15-8-4-5-9-16(15)18/h4-5,8-9,13-14,17,20H,3,6-7,10-12H2,1-2H3. The molecule has 0 spiro atoms. The molecular weight excluding hydrogens is 269 g/mol. The topological polar surface area (TPSA) is 32.7 Å². The highest BCUT2D eigenvalue weighted by molar-refractivity contribution is 5.20. The molecule has 2 rings (SSSR count). The van der Waals surface area contributed by atoms with Gasteiger partial charge >= 0.3 is 0 Å². The summed E-state index contributed by atoms with van der Waals surface area (Å²) in [6.07, 6.45) is 1.75. The Morgan fingerprint density at radius 3 is 2.90 bits per heavy atom. The minimum atomic E-state index is -0.765. The fraction of sp³-hybridized carbons (Fsp3) is 0.647. The molecule has 3 nitrogen and oxygen atoms in total. The van der Waals surface area contributed by atoms with Crippen molar-refractivity contribution in [3.63, 3.8) is 0 Å². The molecule has 4 heteroatoms. The van der Waals surface area contributed by atoms with E-state index in [9.17, 15) is 9.50 Å². The fourth-order valence-corrected chi connectivity index (χ4v) is 3.08. The van der Waals surface area contributed by atoms with E-state index in [4.69, 9.17) is 4.74 Å². The first-order valence-corrected chi connectivity index (χ1v) is 7.88. The van der Waals surface area contributed by atoms with Gasteiger partial charge in [0.05, 0.1) is 12.2 Å². The lowest BCUT2D eigenvalue weighted by Gasteiger charge is -2.35. The number of rotatable bonds is 6. The highest BCUT2D eigenvalue weighted by Crippen LogP contribution is 2.26. The van der Waals surface area contributed by atoms with E-state index in [1.807, 2.05) is 13.8 Å². The van der Waals surface area contributed by atoms with Crippen LogP contribution in [0.25, 0.3) is 0 Å². The molecule has 0 radical (unpaired) electrons. The van der Waals surface area contributed by atoms with Gasteiger partial charge in [0.25, 0.3) is 0 Å². The molecule has 1 aliphatic rings. The largest absolute Gasteiger partial charge is 0.388 e. The van der Waals surface area contributed by atoms with Crippen LogP contribution in [0.3, 0.4) is 0 Å². The zero-order valence-corrected chi connectivity index (χ0v) is 13.0. The van der Waals surface area contributed by atoms with Gasteiger partial charge in [-0.3, -0.25) is 0 Å². The first-order valence-electron chi connectivity index (χ1n) is 7.88. The summed E-state index contributed by atoms with van der Waals surface area (Å²) < 4.78 is 19.4. The number of hydrogen-bond acceptors (Lipinski definition) is 3. The van der Waals surface area contributed by atoms with Crippen molar-refractivity contribution in [3.05, 3.63) is 35.6 Å². The van der Waals surface area contributed by atoms with E-state index >= 15 is 0 Å². The minimum Gasteiger partial charge on any atom is -0.388 e. The number of benzene rings is 1. The van der Waals surface area contributed by atoms with Gasteiger partial charge in [-0.15, -0.1) is 0 Å². The number of aliphatic hydroxyl groups is 1. The maximum absolute atomic E-state index is 13.7. The van der Waals surface area contributed by atoms with Crippen molar-refractivity contribution < 1.29 is 14.2 Å². The quantitative estimate of drug-likeness (QED) is 0.875. The van der Waals surface area contributed by atoms with E-state index in [1.165, 1.54) is 6.07 Å². The normalized spacial score (nSPS) is 23.0. The van der Waals surface area contributed by atoms with Crippen LogP contribution < -0.4 is 0 Å². The van der Waals surface area contributed by atoms with Crippen LogP contribution in [-0.4, -0.2) is 42.4 Å². The third kappa shape index (κ3) is 4.50. The molecule has 3 atom stereocenters. The van der Waals surface area contributed by atoms with Gasteiger partial charge in [0.15, 0.2) is 0 Å². The Kier molecular flexibility index (Phi) is 6.15. The van der Waals surface area contributed by atoms with Crippen molar-refractivity contribution in [3.8, 4) is 0 Å². The molecule has 1 aliphatic heterocycles. The van der Waals surface area contributed by atoms with Crippen molar-refractivity contribution in [1.82, 2.24) is 4.90 Å². The molecule has 1 N–H and O–H groups in total. The molecule has 1 fully saturated rings. The average Bonchev–Trinajstić information content (AvgIpc) is 2.48. The van der Waals surface area contributed by atoms with Crippen LogP contribution in [0.5, 0.6) is 0 Å². The Balaban J connectivity index is 1.91. The van der Waals surface area contributed by atoms with E-state index in [2.05, 4.69) is 4.90 Å². The highest BCUT2D eigenvalue weighted by Gasteiger charge is 2.25. The predicted octanol–water partition coefficient (Wildman–Crippen LogP) is 3.00. The zero-order valence-electron chi connectivity index (χ0n) is 13.0. The van der Waals surface area contributed by atoms with Crippen LogP contribution >= 0.6 is 0 Å². The average molecular weight is 295 g/mol. The second-order valence-corrected chi connectivity index (χ2v) is 5.92. The number of likely N-dealkylation sites (tertiary alicyclic amines) is 1. The summed E-state index contributed by atoms with van der Waals surface area (Å²) in [6, 6.07) is 6.47. The number of hydrogen-bond donors (Lipinski definition) is 1. The van der Waals surface area contributed by atoms with Crippen LogP contribution in [0.15, 0.2) is 24.3 Å². The van der Waals surface area contributed by atoms with Crippen molar-refractivity contribution in [2.45, 2.75) is 38.9 Å². The van der Waals surface area contributed by atoms with Gasteiger partial charge in [-0.05, 0) is 38.3 Å². The second kappa shape index (κ2) is 7.87. The minimum absolute atomic E-state index is 0.0118. The van der Waals surface area contributed by atoms with Crippen molar-refractivity contribution >= 4 is 0 Å². The van der Waals surface area contributed by atoms with Crippen LogP contribution in [0.4, 0.5) is 4.39 Å². The summed E-state index contributed by atoms with van der Waals surface area (Å²) in [5, 5.41) is 10.4. The molecule has 118 valence electrons. The van der Waals surface area contributed by atoms with Gasteiger partial charge in [0.1, 0.15) is 5.82 Å². The molecule has 1 aromatic rings. The Hall–Kier alpha value is -0.970. The van der Waals surface area contributed by atoms with E-state index < -0.39 is 6.10 Å². The zero-order chi connectivity index (χ0) is 15.2. The molecular formula is C17H26FNO2.